The fourth-order valence-electron chi connectivity index (χ4n) is 12.5. The monoisotopic (exact) mass is 1420 g/mol. The lowest BCUT2D eigenvalue weighted by Gasteiger charge is -2.13. The molecule has 1 fully saturated rings. The third kappa shape index (κ3) is 14.3. The zero-order valence-electron chi connectivity index (χ0n) is 56.6. The Balaban J connectivity index is 0.000000133. The van der Waals surface area contributed by atoms with E-state index >= 15 is 0 Å². The molecule has 0 atom stereocenters. The van der Waals surface area contributed by atoms with Gasteiger partial charge in [-0.2, -0.15) is 0 Å². The lowest BCUT2D eigenvalue weighted by molar-refractivity contribution is 0.101. The van der Waals surface area contributed by atoms with Crippen LogP contribution in [0.1, 0.15) is 77.7 Å². The molecule has 1 aliphatic rings. The Morgan fingerprint density at radius 2 is 0.714 bits per heavy atom. The van der Waals surface area contributed by atoms with Crippen LogP contribution in [0.4, 0.5) is 47.8 Å². The van der Waals surface area contributed by atoms with Gasteiger partial charge in [-0.3, -0.25) is 27.6 Å². The van der Waals surface area contributed by atoms with Crippen LogP contribution in [0.25, 0.3) is 84.1 Å². The number of nitrogens with one attached hydrogen (secondary N) is 3. The third-order valence-electron chi connectivity index (χ3n) is 18.3. The minimum absolute atomic E-state index is 0.00963. The maximum Gasteiger partial charge on any atom is 0.257 e. The first kappa shape index (κ1) is 69.4. The first-order valence-electron chi connectivity index (χ1n) is 33.4. The first-order chi connectivity index (χ1) is 50.7. The second-order valence-electron chi connectivity index (χ2n) is 25.4. The van der Waals surface area contributed by atoms with Crippen molar-refractivity contribution in [3.8, 4) is 67.5 Å². The Morgan fingerprint density at radius 3 is 1.11 bits per heavy atom. The number of amides is 3. The molecular formula is C85H61ClF7N9O3. The van der Waals surface area contributed by atoms with Crippen molar-refractivity contribution in [1.29, 1.82) is 0 Å². The second-order valence-corrected chi connectivity index (χ2v) is 25.9. The molecule has 3 amide bonds. The molecule has 0 bridgehead atoms. The highest BCUT2D eigenvalue weighted by Gasteiger charge is 2.30. The lowest BCUT2D eigenvalue weighted by Crippen LogP contribution is -2.14. The molecule has 0 aliphatic heterocycles. The molecule has 0 radical (unpaired) electrons. The number of nitrogens with zero attached hydrogens (tertiary/aromatic N) is 6. The number of rotatable bonds is 13. The lowest BCUT2D eigenvalue weighted by atomic mass is 9.96. The van der Waals surface area contributed by atoms with E-state index in [0.29, 0.717) is 61.4 Å². The van der Waals surface area contributed by atoms with Gasteiger partial charge in [-0.25, -0.2) is 45.7 Å². The second kappa shape index (κ2) is 29.3. The summed E-state index contributed by atoms with van der Waals surface area (Å²) in [5.41, 5.74) is 14.1. The van der Waals surface area contributed by atoms with Crippen LogP contribution in [0.15, 0.2) is 250 Å². The summed E-state index contributed by atoms with van der Waals surface area (Å²) in [4.78, 5) is 52.3. The van der Waals surface area contributed by atoms with Gasteiger partial charge >= 0.3 is 0 Å². The molecule has 9 aromatic carbocycles. The summed E-state index contributed by atoms with van der Waals surface area (Å²) in [5.74, 6) is -5.96. The molecule has 0 saturated heterocycles. The number of aryl methyl sites for hydroxylation is 3. The van der Waals surface area contributed by atoms with E-state index in [4.69, 9.17) is 11.6 Å². The van der Waals surface area contributed by atoms with Crippen LogP contribution in [-0.2, 0) is 0 Å². The van der Waals surface area contributed by atoms with Gasteiger partial charge in [-0.15, -0.1) is 0 Å². The third-order valence-corrected chi connectivity index (χ3v) is 18.6. The maximum absolute atomic E-state index is 15.0. The smallest absolute Gasteiger partial charge is 0.257 e. The number of carbonyl (C=O) groups excluding carboxylic acids is 3. The van der Waals surface area contributed by atoms with E-state index in [1.165, 1.54) is 48.7 Å². The van der Waals surface area contributed by atoms with Crippen molar-refractivity contribution in [2.75, 3.05) is 16.0 Å². The van der Waals surface area contributed by atoms with E-state index in [1.54, 1.807) is 106 Å². The van der Waals surface area contributed by atoms with Crippen LogP contribution in [0.5, 0.6) is 0 Å². The van der Waals surface area contributed by atoms with Crippen LogP contribution in [0, 0.1) is 68.4 Å². The molecule has 0 spiro atoms. The number of anilines is 3. The molecule has 6 heterocycles. The number of carbonyl (C=O) groups is 3. The fourth-order valence-corrected chi connectivity index (χ4v) is 12.7. The maximum atomic E-state index is 15.0. The number of aromatic nitrogens is 6. The normalized spacial score (nSPS) is 11.8. The average molecular weight is 1420 g/mol. The topological polar surface area (TPSA) is 139 Å². The van der Waals surface area contributed by atoms with Gasteiger partial charge in [-0.05, 0) is 196 Å². The van der Waals surface area contributed by atoms with Crippen LogP contribution in [-0.4, -0.2) is 45.9 Å². The van der Waals surface area contributed by atoms with Gasteiger partial charge in [0.2, 0.25) is 0 Å². The van der Waals surface area contributed by atoms with Crippen LogP contribution < -0.4 is 16.0 Å². The van der Waals surface area contributed by atoms with Crippen molar-refractivity contribution >= 4 is 62.9 Å². The first-order valence-corrected chi connectivity index (χ1v) is 33.7. The van der Waals surface area contributed by atoms with E-state index in [-0.39, 0.29) is 51.3 Å². The largest absolute Gasteiger partial charge is 0.322 e. The average Bonchev–Trinajstić information content (AvgIpc) is 1.68. The van der Waals surface area contributed by atoms with Gasteiger partial charge in [0.1, 0.15) is 23.3 Å². The van der Waals surface area contributed by atoms with Crippen molar-refractivity contribution in [3.05, 3.63) is 340 Å². The highest BCUT2D eigenvalue weighted by Crippen LogP contribution is 2.44. The van der Waals surface area contributed by atoms with Gasteiger partial charge in [0.15, 0.2) is 34.9 Å². The van der Waals surface area contributed by atoms with Gasteiger partial charge in [0.25, 0.3) is 17.7 Å². The molecule has 1 saturated carbocycles. The molecule has 3 N–H and O–H groups in total. The van der Waals surface area contributed by atoms with E-state index in [0.717, 1.165) is 86.8 Å². The van der Waals surface area contributed by atoms with Crippen LogP contribution in [0.2, 0.25) is 5.02 Å². The molecular weight excluding hydrogens is 1360 g/mol. The number of benzene rings is 9. The predicted molar refractivity (Wildman–Crippen MR) is 397 cm³/mol. The Morgan fingerprint density at radius 1 is 0.371 bits per heavy atom. The Kier molecular flexibility index (Phi) is 19.4. The molecule has 12 nitrogen and oxygen atoms in total. The number of fused-ring (bicyclic) bond motifs is 3. The fraction of sp³-hybridized carbons (Fsp3) is 0.0824. The molecule has 520 valence electrons. The van der Waals surface area contributed by atoms with Crippen molar-refractivity contribution in [2.45, 2.75) is 46.5 Å². The van der Waals surface area contributed by atoms with Gasteiger partial charge < -0.3 is 16.0 Å². The Labute approximate surface area is 602 Å². The molecule has 6 aromatic heterocycles. The standard InChI is InChI=1S/C30H23F2N3O.C28H20F3N3O.C27H18ClF2N3O/c1-18-7-12-21(13-8-18)34-30(36)25-16-20(11-14-22(25)19-9-10-19)23-5-3-15-35-27(23)17-33-29(35)24-4-2-6-26(31)28(24)32;1-16-8-10-19(11-9-16)33-28(35)22-13-18(14-24(30)17(22)2)20-6-4-12-34-25(20)15-32-27(34)21-5-3-7-23(29)26(21)31;1-16-7-10-18(11-8-16)32-27(34)21-14-17(9-12-22(21)28)19-5-3-13-33-24(19)15-31-26(33)20-4-2-6-23(29)25(20)30/h2-8,11-17,19H,9-10H2,1H3,(H,34,36);3-15H,1-2H3,(H,33,35);2-15H,1H3,(H,32,34). The minimum atomic E-state index is -0.998. The van der Waals surface area contributed by atoms with Crippen molar-refractivity contribution in [2.24, 2.45) is 0 Å². The van der Waals surface area contributed by atoms with Gasteiger partial charge in [0.05, 0.1) is 62.4 Å². The Hall–Kier alpha value is -12.7. The Bertz CT molecular complexity index is 5890. The summed E-state index contributed by atoms with van der Waals surface area (Å²) < 4.78 is 105. The zero-order valence-corrected chi connectivity index (χ0v) is 57.4. The van der Waals surface area contributed by atoms with Crippen molar-refractivity contribution in [1.82, 2.24) is 28.2 Å². The van der Waals surface area contributed by atoms with Crippen molar-refractivity contribution < 1.29 is 45.1 Å². The van der Waals surface area contributed by atoms with E-state index in [1.807, 2.05) is 118 Å². The summed E-state index contributed by atoms with van der Waals surface area (Å²) in [6.45, 7) is 7.47. The predicted octanol–water partition coefficient (Wildman–Crippen LogP) is 21.5. The van der Waals surface area contributed by atoms with E-state index in [2.05, 4.69) is 30.9 Å². The minimum Gasteiger partial charge on any atom is -0.322 e. The van der Waals surface area contributed by atoms with Gasteiger partial charge in [-0.1, -0.05) is 119 Å². The van der Waals surface area contributed by atoms with E-state index in [9.17, 15) is 45.1 Å². The summed E-state index contributed by atoms with van der Waals surface area (Å²) in [7, 11) is 0. The number of pyridine rings is 3. The number of hydrogen-bond acceptors (Lipinski definition) is 6. The van der Waals surface area contributed by atoms with Crippen molar-refractivity contribution in [3.63, 3.8) is 0 Å². The van der Waals surface area contributed by atoms with Gasteiger partial charge in [0, 0.05) is 63.5 Å². The molecule has 20 heteroatoms. The highest BCUT2D eigenvalue weighted by molar-refractivity contribution is 6.34. The highest BCUT2D eigenvalue weighted by atomic mass is 35.5. The number of imidazole rings is 3. The van der Waals surface area contributed by atoms with Crippen LogP contribution in [0.3, 0.4) is 0 Å². The molecule has 1 aliphatic carbocycles. The zero-order chi connectivity index (χ0) is 73.3. The summed E-state index contributed by atoms with van der Waals surface area (Å²) in [6, 6.07) is 59.4. The van der Waals surface area contributed by atoms with E-state index < -0.39 is 46.6 Å². The molecule has 16 rings (SSSR count). The molecule has 105 heavy (non-hydrogen) atoms. The number of halogens is 8. The van der Waals surface area contributed by atoms with Crippen LogP contribution >= 0.6 is 11.6 Å². The SMILES string of the molecule is Cc1ccc(NC(=O)c2cc(-c3cccn4c(-c5cccc(F)c5F)ncc34)cc(F)c2C)cc1.Cc1ccc(NC(=O)c2cc(-c3cccn4c(-c5cccc(F)c5F)ncc34)ccc2C2CC2)cc1.Cc1ccc(NC(=O)c2cc(-c3cccn4c(-c5cccc(F)c5F)ncc34)ccc2Cl)cc1. The summed E-state index contributed by atoms with van der Waals surface area (Å²) in [5, 5.41) is 9.01. The number of hydrogen-bond donors (Lipinski definition) is 3. The summed E-state index contributed by atoms with van der Waals surface area (Å²) in [6.07, 6.45) is 12.1. The molecule has 0 unspecified atom stereocenters. The quantitative estimate of drug-likeness (QED) is 0.0983. The summed E-state index contributed by atoms with van der Waals surface area (Å²) >= 11 is 6.35. The molecule has 15 aromatic rings.